The van der Waals surface area contributed by atoms with Crippen molar-refractivity contribution < 1.29 is 33.5 Å². The van der Waals surface area contributed by atoms with Crippen molar-refractivity contribution in [2.75, 3.05) is 93.5 Å². The Morgan fingerprint density at radius 1 is 0.356 bits per heavy atom. The smallest absolute Gasteiger partial charge is 0.225 e. The average Bonchev–Trinajstić information content (AvgIpc) is 1.22. The van der Waals surface area contributed by atoms with Crippen molar-refractivity contribution in [1.82, 2.24) is 89.7 Å². The molecule has 0 saturated heterocycles. The normalized spacial score (nSPS) is 11.5. The first kappa shape index (κ1) is 104. The maximum atomic E-state index is 9.56. The number of terminal acetylenes is 2. The number of aliphatic hydroxyl groups excluding tert-OH is 1. The van der Waals surface area contributed by atoms with Crippen LogP contribution in [0.4, 0.5) is 70.6 Å². The van der Waals surface area contributed by atoms with Crippen LogP contribution in [-0.4, -0.2) is 140 Å². The van der Waals surface area contributed by atoms with E-state index in [-0.39, 0.29) is 64.8 Å². The van der Waals surface area contributed by atoms with Gasteiger partial charge in [0.15, 0.2) is 69.4 Å². The summed E-state index contributed by atoms with van der Waals surface area (Å²) in [6, 6.07) is 11.4. The fourth-order valence-electron chi connectivity index (χ4n) is 11.2. The molecule has 1 unspecified atom stereocenters. The molecule has 13 rings (SSSR count). The molecule has 0 aromatic carbocycles. The fourth-order valence-corrected chi connectivity index (χ4v) is 12.4. The minimum absolute atomic E-state index is 0.215. The number of rotatable bonds is 31. The van der Waals surface area contributed by atoms with E-state index in [0.717, 1.165) is 59.2 Å². The maximum absolute atomic E-state index is 9.56. The number of hydrogen-bond acceptors (Lipinski definition) is 37. The lowest BCUT2D eigenvalue weighted by molar-refractivity contribution is 0.183. The van der Waals surface area contributed by atoms with Crippen molar-refractivity contribution in [3.05, 3.63) is 174 Å². The van der Waals surface area contributed by atoms with Gasteiger partial charge in [0.1, 0.15) is 64.3 Å². The van der Waals surface area contributed by atoms with Gasteiger partial charge in [0.25, 0.3) is 0 Å². The SMILES string of the molecule is C#Cc1cc(Oc2cnc(NC(C)C)nc2N)c(C(C)C)cn1.C#Cc1cc(Oc2cnc(NC)nc2N)c(C(C)C)cn1.CC(C)c1cnc(Br)cc1Oc1cnc(NC2CC2)nc1N.CCC(O)CNc1ncc(Oc2cc(Br)ncc2C(C)C)c(N)n1.CCCNc1ncc(Oc2cc(Br)ncc2C(C)C)c(N)n1.CNc1ncc(Oc2cc(Br)ncc2C(C)C)c(N)n1. The first-order chi connectivity index (χ1) is 62.9. The first-order valence-electron chi connectivity index (χ1n) is 42.3. The molecule has 1 aliphatic carbocycles. The number of halogens is 4. The van der Waals surface area contributed by atoms with E-state index in [1.54, 1.807) is 100 Å². The molecule has 37 nitrogen and oxygen atoms in total. The zero-order valence-corrected chi connectivity index (χ0v) is 83.3. The Kier molecular flexibility index (Phi) is 40.1. The van der Waals surface area contributed by atoms with E-state index in [9.17, 15) is 5.11 Å². The quantitative estimate of drug-likeness (QED) is 0.0142. The van der Waals surface area contributed by atoms with Crippen LogP contribution in [0.1, 0.15) is 217 Å². The van der Waals surface area contributed by atoms with Crippen LogP contribution in [0.15, 0.2) is 129 Å². The molecular formula is C91H114Br4N30O7. The van der Waals surface area contributed by atoms with Crippen molar-refractivity contribution in [3.63, 3.8) is 0 Å². The summed E-state index contributed by atoms with van der Waals surface area (Å²) in [5.74, 6) is 17.4. The molecule has 12 aromatic heterocycles. The molecule has 41 heteroatoms. The van der Waals surface area contributed by atoms with Crippen molar-refractivity contribution in [1.29, 1.82) is 0 Å². The van der Waals surface area contributed by atoms with E-state index in [0.29, 0.717) is 165 Å². The number of hydrogen-bond donors (Lipinski definition) is 13. The van der Waals surface area contributed by atoms with Gasteiger partial charge in [0.05, 0.1) is 43.3 Å². The molecule has 1 saturated carbocycles. The van der Waals surface area contributed by atoms with Crippen molar-refractivity contribution in [3.8, 4) is 93.7 Å². The zero-order valence-electron chi connectivity index (χ0n) is 76.9. The third-order valence-electron chi connectivity index (χ3n) is 18.6. The lowest BCUT2D eigenvalue weighted by atomic mass is 10.0. The van der Waals surface area contributed by atoms with Gasteiger partial charge in [-0.15, -0.1) is 12.8 Å². The van der Waals surface area contributed by atoms with Crippen LogP contribution in [0.5, 0.6) is 69.0 Å². The number of anilines is 12. The molecule has 0 bridgehead atoms. The number of nitrogens with zero attached hydrogens (tertiary/aromatic N) is 18. The minimum atomic E-state index is -0.450. The number of pyridine rings is 6. The topological polar surface area (TPSA) is 536 Å². The number of aliphatic hydroxyl groups is 1. The van der Waals surface area contributed by atoms with E-state index in [1.165, 1.54) is 12.4 Å². The number of nitrogen functional groups attached to an aromatic ring is 6. The van der Waals surface area contributed by atoms with Crippen molar-refractivity contribution >= 4 is 134 Å². The molecule has 12 heterocycles. The van der Waals surface area contributed by atoms with Crippen LogP contribution in [0, 0.1) is 24.7 Å². The van der Waals surface area contributed by atoms with E-state index < -0.39 is 6.10 Å². The highest BCUT2D eigenvalue weighted by Crippen LogP contribution is 2.41. The van der Waals surface area contributed by atoms with Gasteiger partial charge in [-0.2, -0.15) is 29.9 Å². The number of aromatic nitrogens is 18. The summed E-state index contributed by atoms with van der Waals surface area (Å²) in [6.07, 6.45) is 34.2. The highest BCUT2D eigenvalue weighted by atomic mass is 79.9. The van der Waals surface area contributed by atoms with Gasteiger partial charge in [-0.1, -0.05) is 109 Å². The Balaban J connectivity index is 0.000000195. The van der Waals surface area contributed by atoms with E-state index in [2.05, 4.69) is 273 Å². The Hall–Kier alpha value is -13.2. The molecule has 1 aliphatic rings. The molecule has 0 radical (unpaired) electrons. The van der Waals surface area contributed by atoms with Gasteiger partial charge < -0.3 is 99.8 Å². The Morgan fingerprint density at radius 3 is 0.879 bits per heavy atom. The van der Waals surface area contributed by atoms with Gasteiger partial charge in [0.2, 0.25) is 35.7 Å². The monoisotopic (exact) mass is 2050 g/mol. The summed E-state index contributed by atoms with van der Waals surface area (Å²) in [6.45, 7) is 33.9. The van der Waals surface area contributed by atoms with Crippen LogP contribution in [0.2, 0.25) is 0 Å². The standard InChI is InChI=1S/C17H21N5O.C16H22BrN5O2.C15H18BrN5O.C15H20BrN5O.C15H17N5O.C13H16BrN5O/c1-6-12-7-14(13(8-19-12)10(2)3)23-15-9-20-17(21-11(4)5)22-16(15)18;1-4-10(23)6-20-16-21-8-13(15(18)22-16)24-12-5-14(17)19-7-11(12)9(2)3;1-8(2)10-6-18-13(16)5-11(10)22-12-7-19-15(21-14(12)17)20-9-3-4-9;1-4-5-18-15-20-8-12(14(17)21-15)22-11-6-13(16)19-7-10(11)9(2)3;1-5-10-6-12(11(7-18-10)9(2)3)21-13-8-19-15(17-4)20-14(13)16;1-7(2)8-5-17-11(14)4-9(8)20-10-6-18-13(16-3)19-12(10)15/h1,7-11H,2-5H3,(H3,18,20,21,22);5,7-10,23H,4,6H2,1-3H3,(H3,18,20,21,22);5-9H,3-4H2,1-2H3,(H3,17,19,20,21);6-9H,4-5H2,1-3H3,(H3,17,18,20,21);1,6-9H,2-4H3,(H3,16,17,19,20);4-7H,1-3H3,(H3,15,16,18,19). The van der Waals surface area contributed by atoms with Gasteiger partial charge >= 0.3 is 0 Å². The summed E-state index contributed by atoms with van der Waals surface area (Å²) in [5.41, 5.74) is 42.4. The highest BCUT2D eigenvalue weighted by Gasteiger charge is 2.25. The minimum Gasteiger partial charge on any atom is -0.451 e. The predicted octanol–water partition coefficient (Wildman–Crippen LogP) is 19.7. The van der Waals surface area contributed by atoms with Gasteiger partial charge in [-0.3, -0.25) is 0 Å². The lowest BCUT2D eigenvalue weighted by Crippen LogP contribution is -2.19. The molecule has 0 amide bonds. The van der Waals surface area contributed by atoms with E-state index in [1.807, 2.05) is 46.8 Å². The van der Waals surface area contributed by atoms with Crippen molar-refractivity contribution in [2.45, 2.75) is 190 Å². The average molecular weight is 2060 g/mol. The Morgan fingerprint density at radius 2 is 0.614 bits per heavy atom. The number of ether oxygens (including phenoxy) is 6. The fraction of sp³-hybridized carbons (Fsp3) is 0.363. The highest BCUT2D eigenvalue weighted by molar-refractivity contribution is 9.11. The van der Waals surface area contributed by atoms with Crippen LogP contribution in [-0.2, 0) is 0 Å². The third-order valence-corrected chi connectivity index (χ3v) is 20.3. The molecule has 132 heavy (non-hydrogen) atoms. The Bertz CT molecular complexity index is 5910. The largest absolute Gasteiger partial charge is 0.451 e. The third kappa shape index (κ3) is 32.1. The summed E-state index contributed by atoms with van der Waals surface area (Å²) in [7, 11) is 3.44. The number of nitrogens with one attached hydrogen (secondary N) is 6. The second-order valence-corrected chi connectivity index (χ2v) is 34.7. The summed E-state index contributed by atoms with van der Waals surface area (Å²) >= 11 is 13.4. The molecule has 1 atom stereocenters. The van der Waals surface area contributed by atoms with Crippen molar-refractivity contribution in [2.24, 2.45) is 0 Å². The molecule has 0 aliphatic heterocycles. The van der Waals surface area contributed by atoms with Gasteiger partial charge in [0, 0.05) is 146 Å². The first-order valence-corrected chi connectivity index (χ1v) is 45.5. The molecule has 12 aromatic rings. The molecule has 19 N–H and O–H groups in total. The Labute approximate surface area is 803 Å². The van der Waals surface area contributed by atoms with Crippen LogP contribution >= 0.6 is 63.7 Å². The molecule has 0 spiro atoms. The van der Waals surface area contributed by atoms with E-state index >= 15 is 0 Å². The zero-order chi connectivity index (χ0) is 96.6. The van der Waals surface area contributed by atoms with Crippen LogP contribution in [0.3, 0.4) is 0 Å². The summed E-state index contributed by atoms with van der Waals surface area (Å²) < 4.78 is 38.0. The molecule has 698 valence electrons. The van der Waals surface area contributed by atoms with Gasteiger partial charge in [-0.25, -0.2) is 59.8 Å². The predicted molar refractivity (Wildman–Crippen MR) is 534 cm³/mol. The van der Waals surface area contributed by atoms with Crippen LogP contribution in [0.25, 0.3) is 0 Å². The van der Waals surface area contributed by atoms with E-state index in [4.69, 9.17) is 75.7 Å². The van der Waals surface area contributed by atoms with Crippen LogP contribution < -0.4 is 94.7 Å². The summed E-state index contributed by atoms with van der Waals surface area (Å²) in [5, 5.41) is 27.5. The van der Waals surface area contributed by atoms with Gasteiger partial charge in [-0.05, 0) is 139 Å². The molecular weight excluding hydrogens is 1940 g/mol. The molecule has 1 fully saturated rings. The second kappa shape index (κ2) is 50.8. The maximum Gasteiger partial charge on any atom is 0.225 e. The second-order valence-electron chi connectivity index (χ2n) is 31.5. The summed E-state index contributed by atoms with van der Waals surface area (Å²) in [4.78, 5) is 75.3. The lowest BCUT2D eigenvalue weighted by Gasteiger charge is -2.15. The number of nitrogens with two attached hydrogens (primary N) is 6.